The van der Waals surface area contributed by atoms with Crippen LogP contribution in [0.15, 0.2) is 18.2 Å². The zero-order valence-electron chi connectivity index (χ0n) is 14.6. The zero-order chi connectivity index (χ0) is 17.6. The minimum absolute atomic E-state index is 0.202. The number of rotatable bonds is 8. The Morgan fingerprint density at radius 3 is 2.22 bits per heavy atom. The van der Waals surface area contributed by atoms with Crippen LogP contribution in [0.1, 0.15) is 17.5 Å². The van der Waals surface area contributed by atoms with Crippen LogP contribution in [-0.4, -0.2) is 59.2 Å². The van der Waals surface area contributed by atoms with Crippen molar-refractivity contribution >= 4 is 21.6 Å². The van der Waals surface area contributed by atoms with E-state index in [4.69, 9.17) is 0 Å². The highest BCUT2D eigenvalue weighted by molar-refractivity contribution is 7.92. The Hall–Kier alpha value is -1.60. The lowest BCUT2D eigenvalue weighted by Gasteiger charge is -2.25. The van der Waals surface area contributed by atoms with E-state index >= 15 is 0 Å². The number of aryl methyl sites for hydroxylation is 2. The third kappa shape index (κ3) is 6.19. The monoisotopic (exact) mass is 341 g/mol. The molecule has 0 atom stereocenters. The van der Waals surface area contributed by atoms with E-state index in [1.165, 1.54) is 4.31 Å². The standard InChI is InChI=1S/C16H27N3O3S/c1-13-8-6-9-14(2)16(13)19(23(5,21)22)12-15(20)17-10-7-11-18(3)4/h6,8-9H,7,10-12H2,1-5H3,(H,17,20). The molecule has 0 unspecified atom stereocenters. The molecule has 1 aromatic carbocycles. The molecule has 1 rings (SSSR count). The van der Waals surface area contributed by atoms with Gasteiger partial charge >= 0.3 is 0 Å². The summed E-state index contributed by atoms with van der Waals surface area (Å²) in [7, 11) is 0.395. The van der Waals surface area contributed by atoms with Gasteiger partial charge in [-0.25, -0.2) is 8.42 Å². The molecule has 6 nitrogen and oxygen atoms in total. The van der Waals surface area contributed by atoms with Gasteiger partial charge in [-0.3, -0.25) is 9.10 Å². The maximum Gasteiger partial charge on any atom is 0.240 e. The van der Waals surface area contributed by atoms with E-state index in [1.807, 2.05) is 51.0 Å². The molecule has 23 heavy (non-hydrogen) atoms. The Kier molecular flexibility index (Phi) is 7.02. The molecule has 7 heteroatoms. The summed E-state index contributed by atoms with van der Waals surface area (Å²) in [6.45, 7) is 4.88. The molecule has 0 spiro atoms. The molecule has 0 aliphatic heterocycles. The van der Waals surface area contributed by atoms with Gasteiger partial charge in [-0.05, 0) is 52.0 Å². The number of amides is 1. The van der Waals surface area contributed by atoms with Crippen LogP contribution >= 0.6 is 0 Å². The topological polar surface area (TPSA) is 69.7 Å². The average molecular weight is 341 g/mol. The normalized spacial score (nSPS) is 11.6. The van der Waals surface area contributed by atoms with Gasteiger partial charge in [0.25, 0.3) is 0 Å². The summed E-state index contributed by atoms with van der Waals surface area (Å²) in [4.78, 5) is 14.1. The van der Waals surface area contributed by atoms with Gasteiger partial charge in [0, 0.05) is 6.54 Å². The van der Waals surface area contributed by atoms with Crippen molar-refractivity contribution in [1.82, 2.24) is 10.2 Å². The van der Waals surface area contributed by atoms with Crippen molar-refractivity contribution in [3.05, 3.63) is 29.3 Å². The van der Waals surface area contributed by atoms with Crippen LogP contribution in [0.25, 0.3) is 0 Å². The summed E-state index contributed by atoms with van der Waals surface area (Å²) in [6, 6.07) is 5.56. The average Bonchev–Trinajstić information content (AvgIpc) is 2.41. The van der Waals surface area contributed by atoms with E-state index < -0.39 is 10.0 Å². The predicted molar refractivity (Wildman–Crippen MR) is 94.3 cm³/mol. The van der Waals surface area contributed by atoms with Crippen molar-refractivity contribution < 1.29 is 13.2 Å². The number of hydrogen-bond donors (Lipinski definition) is 1. The van der Waals surface area contributed by atoms with E-state index in [0.29, 0.717) is 12.2 Å². The van der Waals surface area contributed by atoms with Crippen molar-refractivity contribution in [3.8, 4) is 0 Å². The molecule has 0 saturated carbocycles. The molecule has 0 bridgehead atoms. The van der Waals surface area contributed by atoms with Crippen LogP contribution in [0, 0.1) is 13.8 Å². The van der Waals surface area contributed by atoms with Crippen molar-refractivity contribution in [3.63, 3.8) is 0 Å². The summed E-state index contributed by atoms with van der Waals surface area (Å²) < 4.78 is 25.4. The fraction of sp³-hybridized carbons (Fsp3) is 0.562. The first kappa shape index (κ1) is 19.4. The molecule has 0 saturated heterocycles. The maximum absolute atomic E-state index is 12.1. The smallest absolute Gasteiger partial charge is 0.240 e. The zero-order valence-corrected chi connectivity index (χ0v) is 15.4. The second kappa shape index (κ2) is 8.31. The van der Waals surface area contributed by atoms with Crippen molar-refractivity contribution in [2.24, 2.45) is 0 Å². The molecule has 1 aromatic rings. The second-order valence-electron chi connectivity index (χ2n) is 6.02. The Balaban J connectivity index is 2.84. The Labute approximate surface area is 139 Å². The molecule has 0 fully saturated rings. The van der Waals surface area contributed by atoms with E-state index in [0.717, 1.165) is 30.3 Å². The van der Waals surface area contributed by atoms with Crippen molar-refractivity contribution in [1.29, 1.82) is 0 Å². The van der Waals surface area contributed by atoms with Gasteiger partial charge < -0.3 is 10.2 Å². The number of carbonyl (C=O) groups excluding carboxylic acids is 1. The minimum Gasteiger partial charge on any atom is -0.354 e. The quantitative estimate of drug-likeness (QED) is 0.720. The highest BCUT2D eigenvalue weighted by atomic mass is 32.2. The van der Waals surface area contributed by atoms with Crippen LogP contribution in [0.3, 0.4) is 0 Å². The van der Waals surface area contributed by atoms with Crippen molar-refractivity contribution in [2.45, 2.75) is 20.3 Å². The maximum atomic E-state index is 12.1. The molecule has 0 aliphatic rings. The van der Waals surface area contributed by atoms with Crippen LogP contribution in [-0.2, 0) is 14.8 Å². The van der Waals surface area contributed by atoms with Gasteiger partial charge in [0.2, 0.25) is 15.9 Å². The lowest BCUT2D eigenvalue weighted by Crippen LogP contribution is -2.41. The third-order valence-electron chi connectivity index (χ3n) is 3.48. The number of hydrogen-bond acceptors (Lipinski definition) is 4. The van der Waals surface area contributed by atoms with Crippen LogP contribution in [0.4, 0.5) is 5.69 Å². The van der Waals surface area contributed by atoms with Crippen LogP contribution in [0.5, 0.6) is 0 Å². The van der Waals surface area contributed by atoms with E-state index in [-0.39, 0.29) is 12.5 Å². The minimum atomic E-state index is -3.54. The Morgan fingerprint density at radius 2 is 1.74 bits per heavy atom. The molecule has 0 radical (unpaired) electrons. The number of benzene rings is 1. The van der Waals surface area contributed by atoms with Gasteiger partial charge in [-0.2, -0.15) is 0 Å². The molecule has 130 valence electrons. The first-order valence-electron chi connectivity index (χ1n) is 7.58. The molecule has 0 heterocycles. The van der Waals surface area contributed by atoms with Gasteiger partial charge in [-0.1, -0.05) is 18.2 Å². The number of nitrogens with zero attached hydrogens (tertiary/aromatic N) is 2. The fourth-order valence-electron chi connectivity index (χ4n) is 2.37. The Bertz CT molecular complexity index is 622. The number of carbonyl (C=O) groups is 1. The Morgan fingerprint density at radius 1 is 1.17 bits per heavy atom. The molecular weight excluding hydrogens is 314 g/mol. The van der Waals surface area contributed by atoms with Crippen molar-refractivity contribution in [2.75, 3.05) is 44.3 Å². The molecule has 1 amide bonds. The first-order chi connectivity index (χ1) is 10.6. The van der Waals surface area contributed by atoms with E-state index in [2.05, 4.69) is 5.32 Å². The highest BCUT2D eigenvalue weighted by Crippen LogP contribution is 2.26. The van der Waals surface area contributed by atoms with Gasteiger partial charge in [0.15, 0.2) is 0 Å². The summed E-state index contributed by atoms with van der Waals surface area (Å²) in [5, 5.41) is 2.78. The molecule has 1 N–H and O–H groups in total. The number of nitrogens with one attached hydrogen (secondary N) is 1. The predicted octanol–water partition coefficient (Wildman–Crippen LogP) is 1.14. The van der Waals surface area contributed by atoms with Crippen LogP contribution in [0.2, 0.25) is 0 Å². The van der Waals surface area contributed by atoms with E-state index in [1.54, 1.807) is 0 Å². The van der Waals surface area contributed by atoms with Gasteiger partial charge in [0.05, 0.1) is 11.9 Å². The number of para-hydroxylation sites is 1. The van der Waals surface area contributed by atoms with Gasteiger partial charge in [-0.15, -0.1) is 0 Å². The number of anilines is 1. The van der Waals surface area contributed by atoms with E-state index in [9.17, 15) is 13.2 Å². The number of sulfonamides is 1. The molecular formula is C16H27N3O3S. The van der Waals surface area contributed by atoms with Gasteiger partial charge in [0.1, 0.15) is 6.54 Å². The third-order valence-corrected chi connectivity index (χ3v) is 4.59. The summed E-state index contributed by atoms with van der Waals surface area (Å²) in [6.07, 6.45) is 1.94. The fourth-order valence-corrected chi connectivity index (χ4v) is 3.34. The lowest BCUT2D eigenvalue weighted by atomic mass is 10.1. The summed E-state index contributed by atoms with van der Waals surface area (Å²) in [5.74, 6) is -0.295. The molecule has 0 aliphatic carbocycles. The van der Waals surface area contributed by atoms with Crippen LogP contribution < -0.4 is 9.62 Å². The summed E-state index contributed by atoms with van der Waals surface area (Å²) in [5.41, 5.74) is 2.24. The summed E-state index contributed by atoms with van der Waals surface area (Å²) >= 11 is 0. The molecule has 0 aromatic heterocycles. The highest BCUT2D eigenvalue weighted by Gasteiger charge is 2.23. The largest absolute Gasteiger partial charge is 0.354 e. The lowest BCUT2D eigenvalue weighted by molar-refractivity contribution is -0.119. The SMILES string of the molecule is Cc1cccc(C)c1N(CC(=O)NCCCN(C)C)S(C)(=O)=O. The first-order valence-corrected chi connectivity index (χ1v) is 9.43. The second-order valence-corrected chi connectivity index (χ2v) is 7.92.